The first kappa shape index (κ1) is 16.2. The summed E-state index contributed by atoms with van der Waals surface area (Å²) in [6, 6.07) is 2.69. The lowest BCUT2D eigenvalue weighted by molar-refractivity contribution is -0.195. The number of hydrogen-bond donors (Lipinski definition) is 5. The van der Waals surface area contributed by atoms with Crippen molar-refractivity contribution in [1.29, 1.82) is 0 Å². The molecular formula is C16H20O7. The first-order valence-corrected chi connectivity index (χ1v) is 7.41. The first-order chi connectivity index (χ1) is 10.7. The van der Waals surface area contributed by atoms with Gasteiger partial charge in [-0.05, 0) is 19.4 Å². The number of ketones is 1. The Hall–Kier alpha value is -1.67. The van der Waals surface area contributed by atoms with Crippen molar-refractivity contribution in [3.63, 3.8) is 0 Å². The van der Waals surface area contributed by atoms with Gasteiger partial charge in [0.05, 0.1) is 31.3 Å². The standard InChI is InChI=1S/C16H20O7/c1-16(22)10(18)5-8-12(15(16)21)14(20)7-3-6(23-2)4-9(17)11(7)13(8)19/h3-4,8,10,12-13,15,17-19,21-22H,5H2,1-2H3/t8-,10+,12-,13+,15+,16+/m0/s1. The highest BCUT2D eigenvalue weighted by molar-refractivity contribution is 6.02. The minimum Gasteiger partial charge on any atom is -0.507 e. The molecule has 0 unspecified atom stereocenters. The number of fused-ring (bicyclic) bond motifs is 2. The summed E-state index contributed by atoms with van der Waals surface area (Å²) in [4.78, 5) is 12.8. The summed E-state index contributed by atoms with van der Waals surface area (Å²) in [6.45, 7) is 1.26. The summed E-state index contributed by atoms with van der Waals surface area (Å²) in [5.74, 6) is -2.39. The average Bonchev–Trinajstić information content (AvgIpc) is 2.49. The minimum atomic E-state index is -1.85. The molecule has 0 saturated heterocycles. The lowest BCUT2D eigenvalue weighted by atomic mass is 9.60. The number of rotatable bonds is 1. The predicted molar refractivity (Wildman–Crippen MR) is 78.2 cm³/mol. The van der Waals surface area contributed by atoms with Gasteiger partial charge >= 0.3 is 0 Å². The van der Waals surface area contributed by atoms with Crippen LogP contribution in [-0.4, -0.2) is 56.2 Å². The van der Waals surface area contributed by atoms with Gasteiger partial charge in [0, 0.05) is 23.1 Å². The molecule has 0 bridgehead atoms. The Morgan fingerprint density at radius 3 is 2.52 bits per heavy atom. The van der Waals surface area contributed by atoms with Crippen LogP contribution >= 0.6 is 0 Å². The molecule has 0 amide bonds. The van der Waals surface area contributed by atoms with E-state index in [1.54, 1.807) is 0 Å². The number of carbonyl (C=O) groups is 1. The zero-order valence-electron chi connectivity index (χ0n) is 12.8. The Bertz CT molecular complexity index is 654. The van der Waals surface area contributed by atoms with Crippen molar-refractivity contribution in [2.75, 3.05) is 7.11 Å². The first-order valence-electron chi connectivity index (χ1n) is 7.41. The maximum absolute atomic E-state index is 12.8. The number of benzene rings is 1. The Kier molecular flexibility index (Phi) is 3.64. The molecule has 6 atom stereocenters. The number of phenols is 1. The van der Waals surface area contributed by atoms with E-state index >= 15 is 0 Å². The van der Waals surface area contributed by atoms with Gasteiger partial charge in [-0.2, -0.15) is 0 Å². The third-order valence-corrected chi connectivity index (χ3v) is 5.21. The molecule has 1 saturated carbocycles. The van der Waals surface area contributed by atoms with Crippen molar-refractivity contribution in [3.8, 4) is 11.5 Å². The van der Waals surface area contributed by atoms with Crippen molar-refractivity contribution in [2.45, 2.75) is 37.3 Å². The van der Waals surface area contributed by atoms with Crippen LogP contribution in [0, 0.1) is 11.8 Å². The molecule has 0 aliphatic heterocycles. The van der Waals surface area contributed by atoms with Crippen molar-refractivity contribution in [1.82, 2.24) is 0 Å². The van der Waals surface area contributed by atoms with Gasteiger partial charge < -0.3 is 30.3 Å². The highest BCUT2D eigenvalue weighted by Gasteiger charge is 2.57. The Balaban J connectivity index is 2.15. The number of phenolic OH excluding ortho intramolecular Hbond substituents is 1. The van der Waals surface area contributed by atoms with E-state index in [9.17, 15) is 30.3 Å². The molecular weight excluding hydrogens is 304 g/mol. The second-order valence-corrected chi connectivity index (χ2v) is 6.53. The second-order valence-electron chi connectivity index (χ2n) is 6.53. The number of aliphatic hydroxyl groups excluding tert-OH is 3. The van der Waals surface area contributed by atoms with Gasteiger partial charge in [0.15, 0.2) is 5.78 Å². The smallest absolute Gasteiger partial charge is 0.169 e. The fraction of sp³-hybridized carbons (Fsp3) is 0.562. The molecule has 0 radical (unpaired) electrons. The molecule has 2 aliphatic carbocycles. The Morgan fingerprint density at radius 1 is 1.26 bits per heavy atom. The molecule has 1 aromatic carbocycles. The van der Waals surface area contributed by atoms with Crippen LogP contribution in [0.4, 0.5) is 0 Å². The Labute approximate surface area is 132 Å². The number of aromatic hydroxyl groups is 1. The molecule has 23 heavy (non-hydrogen) atoms. The molecule has 0 aromatic heterocycles. The van der Waals surface area contributed by atoms with Gasteiger partial charge in [0.25, 0.3) is 0 Å². The average molecular weight is 324 g/mol. The van der Waals surface area contributed by atoms with Crippen LogP contribution in [0.1, 0.15) is 35.4 Å². The quantitative estimate of drug-likeness (QED) is 0.481. The summed E-state index contributed by atoms with van der Waals surface area (Å²) < 4.78 is 5.02. The maximum atomic E-state index is 12.8. The van der Waals surface area contributed by atoms with Crippen LogP contribution < -0.4 is 4.74 Å². The molecule has 0 heterocycles. The van der Waals surface area contributed by atoms with Gasteiger partial charge in [-0.1, -0.05) is 0 Å². The molecule has 0 spiro atoms. The van der Waals surface area contributed by atoms with Crippen LogP contribution in [0.15, 0.2) is 12.1 Å². The topological polar surface area (TPSA) is 127 Å². The van der Waals surface area contributed by atoms with E-state index in [4.69, 9.17) is 4.74 Å². The van der Waals surface area contributed by atoms with Crippen LogP contribution in [0.3, 0.4) is 0 Å². The molecule has 7 nitrogen and oxygen atoms in total. The van der Waals surface area contributed by atoms with E-state index < -0.39 is 41.5 Å². The molecule has 5 N–H and O–H groups in total. The van der Waals surface area contributed by atoms with Gasteiger partial charge in [-0.15, -0.1) is 0 Å². The van der Waals surface area contributed by atoms with E-state index in [1.165, 1.54) is 26.2 Å². The van der Waals surface area contributed by atoms with Crippen molar-refractivity contribution in [2.24, 2.45) is 11.8 Å². The molecule has 2 aliphatic rings. The number of hydrogen-bond acceptors (Lipinski definition) is 7. The van der Waals surface area contributed by atoms with Crippen LogP contribution in [0.25, 0.3) is 0 Å². The zero-order valence-corrected chi connectivity index (χ0v) is 12.8. The van der Waals surface area contributed by atoms with E-state index in [0.717, 1.165) is 0 Å². The summed E-state index contributed by atoms with van der Waals surface area (Å²) in [6.07, 6.45) is -4.12. The van der Waals surface area contributed by atoms with E-state index in [2.05, 4.69) is 0 Å². The SMILES string of the molecule is COc1cc(O)c2c(c1)C(=O)[C@@H]1[C@H](C[C@@H](O)[C@@](C)(O)[C@@H]1O)[C@H]2O. The summed E-state index contributed by atoms with van der Waals surface area (Å²) in [5, 5.41) is 51.3. The molecule has 7 heteroatoms. The fourth-order valence-corrected chi connectivity index (χ4v) is 3.74. The second kappa shape index (κ2) is 5.17. The maximum Gasteiger partial charge on any atom is 0.169 e. The number of carbonyl (C=O) groups excluding carboxylic acids is 1. The van der Waals surface area contributed by atoms with Crippen LogP contribution in [0.2, 0.25) is 0 Å². The van der Waals surface area contributed by atoms with E-state index in [-0.39, 0.29) is 29.0 Å². The fourth-order valence-electron chi connectivity index (χ4n) is 3.74. The third kappa shape index (κ3) is 2.15. The summed E-state index contributed by atoms with van der Waals surface area (Å²) in [5.41, 5.74) is -1.73. The van der Waals surface area contributed by atoms with Crippen LogP contribution in [-0.2, 0) is 0 Å². The van der Waals surface area contributed by atoms with E-state index in [1.807, 2.05) is 0 Å². The highest BCUT2D eigenvalue weighted by atomic mass is 16.5. The lowest BCUT2D eigenvalue weighted by Gasteiger charge is -2.49. The highest BCUT2D eigenvalue weighted by Crippen LogP contribution is 2.51. The van der Waals surface area contributed by atoms with Gasteiger partial charge in [-0.3, -0.25) is 4.79 Å². The number of Topliss-reactive ketones (excluding diaryl/α,β-unsaturated/α-hetero) is 1. The monoisotopic (exact) mass is 324 g/mol. The summed E-state index contributed by atoms with van der Waals surface area (Å²) >= 11 is 0. The summed E-state index contributed by atoms with van der Waals surface area (Å²) in [7, 11) is 1.38. The van der Waals surface area contributed by atoms with Gasteiger partial charge in [-0.25, -0.2) is 0 Å². The molecule has 126 valence electrons. The molecule has 1 fully saturated rings. The largest absolute Gasteiger partial charge is 0.507 e. The molecule has 1 aromatic rings. The van der Waals surface area contributed by atoms with Gasteiger partial charge in [0.1, 0.15) is 17.1 Å². The van der Waals surface area contributed by atoms with E-state index in [0.29, 0.717) is 0 Å². The minimum absolute atomic E-state index is 0.0573. The zero-order chi connectivity index (χ0) is 17.1. The normalized spacial score (nSPS) is 39.6. The van der Waals surface area contributed by atoms with Crippen LogP contribution in [0.5, 0.6) is 11.5 Å². The predicted octanol–water partition coefficient (Wildman–Crippen LogP) is -0.261. The number of methoxy groups -OCH3 is 1. The molecule has 3 rings (SSSR count). The van der Waals surface area contributed by atoms with Crippen molar-refractivity contribution < 1.29 is 35.1 Å². The lowest BCUT2D eigenvalue weighted by Crippen LogP contribution is -2.62. The van der Waals surface area contributed by atoms with Gasteiger partial charge in [0.2, 0.25) is 0 Å². The number of ether oxygens (including phenoxy) is 1. The third-order valence-electron chi connectivity index (χ3n) is 5.21. The van der Waals surface area contributed by atoms with Crippen molar-refractivity contribution >= 4 is 5.78 Å². The Morgan fingerprint density at radius 2 is 1.91 bits per heavy atom. The number of aliphatic hydroxyl groups is 4. The van der Waals surface area contributed by atoms with Crippen molar-refractivity contribution in [3.05, 3.63) is 23.3 Å².